The maximum atomic E-state index is 3.92. The Labute approximate surface area is 136 Å². The Morgan fingerprint density at radius 3 is 1.19 bits per heavy atom. The molecule has 0 aliphatic carbocycles. The third-order valence-electron chi connectivity index (χ3n) is 4.64. The van der Waals surface area contributed by atoms with Gasteiger partial charge in [0, 0.05) is 0 Å². The molecular weight excluding hydrogens is 252 g/mol. The maximum absolute atomic E-state index is 3.92. The molecule has 0 aliphatic heterocycles. The Morgan fingerprint density at radius 1 is 0.476 bits per heavy atom. The summed E-state index contributed by atoms with van der Waals surface area (Å²) >= 11 is 0. The highest BCUT2D eigenvalue weighted by molar-refractivity contribution is 4.56. The molecule has 0 heteroatoms. The van der Waals surface area contributed by atoms with Crippen molar-refractivity contribution in [2.45, 2.75) is 116 Å². The van der Waals surface area contributed by atoms with Crippen LogP contribution < -0.4 is 0 Å². The van der Waals surface area contributed by atoms with Crippen LogP contribution in [0.15, 0.2) is 0 Å². The van der Waals surface area contributed by atoms with Crippen molar-refractivity contribution in [2.75, 3.05) is 0 Å². The molecule has 0 amide bonds. The summed E-state index contributed by atoms with van der Waals surface area (Å²) < 4.78 is 0. The monoisotopic (exact) mass is 294 g/mol. The number of hydrogen-bond donors (Lipinski definition) is 0. The van der Waals surface area contributed by atoms with Crippen molar-refractivity contribution in [3.63, 3.8) is 0 Å². The van der Waals surface area contributed by atoms with E-state index in [9.17, 15) is 0 Å². The fraction of sp³-hybridized carbons (Fsp3) is 0.905. The van der Waals surface area contributed by atoms with E-state index < -0.39 is 0 Å². The Hall–Kier alpha value is 0. The summed E-state index contributed by atoms with van der Waals surface area (Å²) in [6.07, 6.45) is 23.7. The second kappa shape index (κ2) is 18.1. The first-order valence-electron chi connectivity index (χ1n) is 9.89. The minimum Gasteiger partial charge on any atom is -0.0625 e. The normalized spacial score (nSPS) is 12.7. The van der Waals surface area contributed by atoms with Crippen molar-refractivity contribution in [3.8, 4) is 0 Å². The van der Waals surface area contributed by atoms with Crippen LogP contribution in [0, 0.1) is 19.8 Å². The molecule has 0 N–H and O–H groups in total. The van der Waals surface area contributed by atoms with E-state index in [1.807, 2.05) is 0 Å². The molecule has 0 heterocycles. The van der Waals surface area contributed by atoms with Gasteiger partial charge in [-0.15, -0.1) is 0 Å². The Kier molecular flexibility index (Phi) is 18.1. The molecule has 21 heavy (non-hydrogen) atoms. The predicted molar refractivity (Wildman–Crippen MR) is 98.4 cm³/mol. The van der Waals surface area contributed by atoms with Crippen LogP contribution in [-0.2, 0) is 0 Å². The Bertz CT molecular complexity index is 173. The van der Waals surface area contributed by atoms with Gasteiger partial charge in [-0.1, -0.05) is 130 Å². The van der Waals surface area contributed by atoms with Gasteiger partial charge in [-0.05, 0) is 5.92 Å². The van der Waals surface area contributed by atoms with Gasteiger partial charge in [0.1, 0.15) is 0 Å². The van der Waals surface area contributed by atoms with Crippen LogP contribution in [-0.4, -0.2) is 0 Å². The largest absolute Gasteiger partial charge is 0.0625 e. The predicted octanol–water partition coefficient (Wildman–Crippen LogP) is 7.92. The molecule has 0 nitrogen and oxygen atoms in total. The molecule has 0 aliphatic rings. The zero-order valence-electron chi connectivity index (χ0n) is 15.0. The van der Waals surface area contributed by atoms with Crippen molar-refractivity contribution < 1.29 is 0 Å². The Morgan fingerprint density at radius 2 is 0.762 bits per heavy atom. The first-order chi connectivity index (χ1) is 10.3. The van der Waals surface area contributed by atoms with Gasteiger partial charge in [0.05, 0.1) is 0 Å². The van der Waals surface area contributed by atoms with E-state index in [1.165, 1.54) is 96.3 Å². The lowest BCUT2D eigenvalue weighted by Gasteiger charge is -2.10. The zero-order chi connectivity index (χ0) is 15.6. The van der Waals surface area contributed by atoms with E-state index >= 15 is 0 Å². The smallest absolute Gasteiger partial charge is 0.0443 e. The molecule has 0 bridgehead atoms. The van der Waals surface area contributed by atoms with Gasteiger partial charge in [0.2, 0.25) is 0 Å². The highest BCUT2D eigenvalue weighted by Gasteiger charge is 2.01. The lowest BCUT2D eigenvalue weighted by atomic mass is 9.96. The topological polar surface area (TPSA) is 0 Å². The van der Waals surface area contributed by atoms with Crippen LogP contribution in [0.4, 0.5) is 0 Å². The molecule has 2 radical (unpaired) electrons. The fourth-order valence-electron chi connectivity index (χ4n) is 3.07. The summed E-state index contributed by atoms with van der Waals surface area (Å²) in [6, 6.07) is 0. The first kappa shape index (κ1) is 21.0. The quantitative estimate of drug-likeness (QED) is 0.239. The highest BCUT2D eigenvalue weighted by atomic mass is 14.1. The van der Waals surface area contributed by atoms with Crippen molar-refractivity contribution in [1.29, 1.82) is 0 Å². The minimum atomic E-state index is 0.940. The summed E-state index contributed by atoms with van der Waals surface area (Å²) in [5.41, 5.74) is 0. The summed E-state index contributed by atoms with van der Waals surface area (Å²) in [7, 11) is 0. The molecule has 0 fully saturated rings. The zero-order valence-corrected chi connectivity index (χ0v) is 15.0. The van der Waals surface area contributed by atoms with Crippen molar-refractivity contribution in [3.05, 3.63) is 13.8 Å². The SMILES string of the molecule is [CH2]CCCCCCCCCCCCCC(C)CCCC[CH2]. The third-order valence-corrected chi connectivity index (χ3v) is 4.64. The van der Waals surface area contributed by atoms with Crippen molar-refractivity contribution in [1.82, 2.24) is 0 Å². The molecule has 0 saturated carbocycles. The number of hydrogen-bond acceptors (Lipinski definition) is 0. The standard InChI is InChI=1S/C21H42/c1-4-6-8-9-10-11-12-13-14-15-16-18-20-21(3)19-17-7-5-2/h21H,1-2,4-20H2,3H3. The fourth-order valence-corrected chi connectivity index (χ4v) is 3.07. The average Bonchev–Trinajstić information content (AvgIpc) is 2.48. The minimum absolute atomic E-state index is 0.940. The molecule has 0 rings (SSSR count). The van der Waals surface area contributed by atoms with Gasteiger partial charge < -0.3 is 0 Å². The summed E-state index contributed by atoms with van der Waals surface area (Å²) in [5, 5.41) is 0. The lowest BCUT2D eigenvalue weighted by molar-refractivity contribution is 0.437. The molecule has 0 aromatic rings. The van der Waals surface area contributed by atoms with E-state index in [4.69, 9.17) is 0 Å². The lowest BCUT2D eigenvalue weighted by Crippen LogP contribution is -1.94. The van der Waals surface area contributed by atoms with Crippen LogP contribution in [0.2, 0.25) is 0 Å². The summed E-state index contributed by atoms with van der Waals surface area (Å²) in [5.74, 6) is 0.940. The summed E-state index contributed by atoms with van der Waals surface area (Å²) in [4.78, 5) is 0. The van der Waals surface area contributed by atoms with Gasteiger partial charge in [-0.25, -0.2) is 0 Å². The van der Waals surface area contributed by atoms with Crippen LogP contribution in [0.3, 0.4) is 0 Å². The average molecular weight is 295 g/mol. The van der Waals surface area contributed by atoms with Crippen LogP contribution in [0.25, 0.3) is 0 Å². The molecule has 0 aromatic heterocycles. The second-order valence-electron chi connectivity index (χ2n) is 6.99. The van der Waals surface area contributed by atoms with E-state index in [1.54, 1.807) is 0 Å². The molecular formula is C21H42. The number of rotatable bonds is 17. The molecule has 0 spiro atoms. The summed E-state index contributed by atoms with van der Waals surface area (Å²) in [6.45, 7) is 10.2. The maximum Gasteiger partial charge on any atom is -0.0443 e. The van der Waals surface area contributed by atoms with Crippen LogP contribution in [0.1, 0.15) is 116 Å². The molecule has 0 aromatic carbocycles. The second-order valence-corrected chi connectivity index (χ2v) is 6.99. The molecule has 1 atom stereocenters. The van der Waals surface area contributed by atoms with E-state index in [0.29, 0.717) is 0 Å². The van der Waals surface area contributed by atoms with Gasteiger partial charge in [-0.3, -0.25) is 0 Å². The Balaban J connectivity index is 3.05. The number of unbranched alkanes of at least 4 members (excludes halogenated alkanes) is 13. The van der Waals surface area contributed by atoms with Crippen molar-refractivity contribution >= 4 is 0 Å². The first-order valence-corrected chi connectivity index (χ1v) is 9.89. The third kappa shape index (κ3) is 18.0. The molecule has 126 valence electrons. The van der Waals surface area contributed by atoms with Gasteiger partial charge in [0.25, 0.3) is 0 Å². The van der Waals surface area contributed by atoms with E-state index in [2.05, 4.69) is 20.8 Å². The molecule has 1 unspecified atom stereocenters. The van der Waals surface area contributed by atoms with E-state index in [-0.39, 0.29) is 0 Å². The van der Waals surface area contributed by atoms with Gasteiger partial charge in [-0.2, -0.15) is 0 Å². The van der Waals surface area contributed by atoms with Crippen molar-refractivity contribution in [2.24, 2.45) is 5.92 Å². The van der Waals surface area contributed by atoms with Crippen LogP contribution >= 0.6 is 0 Å². The highest BCUT2D eigenvalue weighted by Crippen LogP contribution is 2.18. The van der Waals surface area contributed by atoms with Crippen LogP contribution in [0.5, 0.6) is 0 Å². The van der Waals surface area contributed by atoms with E-state index in [0.717, 1.165) is 18.8 Å². The van der Waals surface area contributed by atoms with Gasteiger partial charge >= 0.3 is 0 Å². The molecule has 0 saturated heterocycles. The van der Waals surface area contributed by atoms with Gasteiger partial charge in [0.15, 0.2) is 0 Å².